The van der Waals surface area contributed by atoms with Crippen molar-refractivity contribution < 1.29 is 35.8 Å². The maximum absolute atomic E-state index is 11.7. The van der Waals surface area contributed by atoms with E-state index in [-0.39, 0.29) is 13.1 Å². The molecule has 0 N–H and O–H groups in total. The topological polar surface area (TPSA) is 21.7 Å². The molecule has 0 aromatic carbocycles. The molecule has 0 fully saturated rings. The van der Waals surface area contributed by atoms with Gasteiger partial charge in [-0.1, -0.05) is 0 Å². The third-order valence-corrected chi connectivity index (χ3v) is 2.27. The van der Waals surface area contributed by atoms with Crippen molar-refractivity contribution in [2.75, 3.05) is 26.3 Å². The Morgan fingerprint density at radius 1 is 0.833 bits per heavy atom. The van der Waals surface area contributed by atoms with Crippen LogP contribution in [0.15, 0.2) is 0 Å². The quantitative estimate of drug-likeness (QED) is 0.428. The van der Waals surface area contributed by atoms with Gasteiger partial charge in [0.05, 0.1) is 17.9 Å². The van der Waals surface area contributed by atoms with E-state index in [0.717, 1.165) is 4.90 Å². The van der Waals surface area contributed by atoms with E-state index in [1.807, 2.05) is 0 Å². The molecule has 11 heteroatoms. The minimum absolute atomic E-state index is 0.279. The Morgan fingerprint density at radius 2 is 1.17 bits per heavy atom. The summed E-state index contributed by atoms with van der Waals surface area (Å²) in [5, 5.41) is 0. The second kappa shape index (κ2) is 7.68. The van der Waals surface area contributed by atoms with Crippen LogP contribution in [-0.2, 0) is 9.47 Å². The van der Waals surface area contributed by atoms with Gasteiger partial charge in [0.1, 0.15) is 0 Å². The second-order valence-electron chi connectivity index (χ2n) is 2.97. The first-order valence-corrected chi connectivity index (χ1v) is 5.56. The Balaban J connectivity index is 3.94. The van der Waals surface area contributed by atoms with Crippen LogP contribution in [-0.4, -0.2) is 48.6 Å². The minimum atomic E-state index is -4.78. The van der Waals surface area contributed by atoms with E-state index < -0.39 is 30.6 Å². The Labute approximate surface area is 110 Å². The lowest BCUT2D eigenvalue weighted by Gasteiger charge is -2.25. The van der Waals surface area contributed by atoms with Crippen molar-refractivity contribution in [2.45, 2.75) is 17.4 Å². The molecular weight excluding hydrogens is 308 g/mol. The van der Waals surface area contributed by atoms with Crippen LogP contribution < -0.4 is 0 Å². The summed E-state index contributed by atoms with van der Waals surface area (Å²) in [7, 11) is 0. The van der Waals surface area contributed by atoms with E-state index >= 15 is 0 Å². The van der Waals surface area contributed by atoms with Crippen LogP contribution in [0.5, 0.6) is 0 Å². The molecule has 0 aromatic heterocycles. The van der Waals surface area contributed by atoms with Crippen molar-refractivity contribution in [3.05, 3.63) is 0 Å². The first-order valence-electron chi connectivity index (χ1n) is 4.53. The molecule has 18 heavy (non-hydrogen) atoms. The van der Waals surface area contributed by atoms with Crippen LogP contribution in [0.4, 0.5) is 26.3 Å². The van der Waals surface area contributed by atoms with Gasteiger partial charge in [-0.25, -0.2) is 0 Å². The molecule has 0 rings (SSSR count). The molecule has 0 radical (unpaired) electrons. The van der Waals surface area contributed by atoms with Gasteiger partial charge in [0.25, 0.3) is 0 Å². The van der Waals surface area contributed by atoms with Gasteiger partial charge in [-0.15, -0.1) is 51.6 Å². The third-order valence-electron chi connectivity index (χ3n) is 1.62. The van der Waals surface area contributed by atoms with E-state index in [9.17, 15) is 26.3 Å². The molecule has 0 heterocycles. The molecule has 0 amide bonds. The van der Waals surface area contributed by atoms with Crippen LogP contribution >= 0.6 is 25.3 Å². The van der Waals surface area contributed by atoms with Crippen LogP contribution in [0.2, 0.25) is 0 Å². The lowest BCUT2D eigenvalue weighted by atomic mass is 10.5. The highest BCUT2D eigenvalue weighted by Crippen LogP contribution is 2.18. The van der Waals surface area contributed by atoms with Crippen molar-refractivity contribution in [1.29, 1.82) is 0 Å². The summed E-state index contributed by atoms with van der Waals surface area (Å²) < 4.78 is 76.1. The Hall–Kier alpha value is 0.160. The lowest BCUT2D eigenvalue weighted by Crippen LogP contribution is -2.36. The predicted molar refractivity (Wildman–Crippen MR) is 57.3 cm³/mol. The number of hydrogen-bond acceptors (Lipinski definition) is 5. The molecule has 0 spiro atoms. The summed E-state index contributed by atoms with van der Waals surface area (Å²) in [6, 6.07) is 0. The van der Waals surface area contributed by atoms with Gasteiger partial charge < -0.3 is 0 Å². The molecule has 0 atom stereocenters. The van der Waals surface area contributed by atoms with Gasteiger partial charge in [0, 0.05) is 13.1 Å². The summed E-state index contributed by atoms with van der Waals surface area (Å²) in [6.45, 7) is -2.02. The smallest absolute Gasteiger partial charge is 0.291 e. The van der Waals surface area contributed by atoms with Crippen molar-refractivity contribution in [3.8, 4) is 0 Å². The van der Waals surface area contributed by atoms with Crippen LogP contribution in [0.25, 0.3) is 0 Å². The highest BCUT2D eigenvalue weighted by molar-refractivity contribution is 7.99. The number of halogens is 6. The van der Waals surface area contributed by atoms with Gasteiger partial charge >= 0.3 is 12.7 Å². The van der Waals surface area contributed by atoms with Crippen LogP contribution in [0.3, 0.4) is 0 Å². The average molecular weight is 319 g/mol. The Morgan fingerprint density at radius 3 is 1.39 bits per heavy atom. The van der Waals surface area contributed by atoms with Crippen LogP contribution in [0.1, 0.15) is 0 Å². The number of rotatable bonds is 7. The lowest BCUT2D eigenvalue weighted by molar-refractivity contribution is -0.327. The molecule has 110 valence electrons. The number of alkyl halides is 6. The summed E-state index contributed by atoms with van der Waals surface area (Å²) >= 11 is 7.60. The molecule has 0 aromatic rings. The van der Waals surface area contributed by atoms with Crippen molar-refractivity contribution >= 4 is 25.3 Å². The maximum Gasteiger partial charge on any atom is 0.522 e. The fourth-order valence-electron chi connectivity index (χ4n) is 0.900. The van der Waals surface area contributed by atoms with Gasteiger partial charge in [0.15, 0.2) is 0 Å². The van der Waals surface area contributed by atoms with Gasteiger partial charge in [-0.3, -0.25) is 14.4 Å². The number of nitrogens with zero attached hydrogens (tertiary/aromatic N) is 1. The Kier molecular flexibility index (Phi) is 7.75. The first kappa shape index (κ1) is 18.2. The minimum Gasteiger partial charge on any atom is -0.291 e. The van der Waals surface area contributed by atoms with E-state index in [1.54, 1.807) is 0 Å². The fourth-order valence-corrected chi connectivity index (χ4v) is 1.36. The number of thiol groups is 2. The summed E-state index contributed by atoms with van der Waals surface area (Å²) in [6.07, 6.45) is -9.56. The summed E-state index contributed by atoms with van der Waals surface area (Å²) in [5.41, 5.74) is 0. The van der Waals surface area contributed by atoms with E-state index in [1.165, 1.54) is 0 Å². The molecule has 0 aliphatic carbocycles. The summed E-state index contributed by atoms with van der Waals surface area (Å²) in [4.78, 5) is 1.13. The molecule has 0 saturated heterocycles. The van der Waals surface area contributed by atoms with Gasteiger partial charge in [-0.2, -0.15) is 0 Å². The number of hydrogen-bond donors (Lipinski definition) is 2. The SMILES string of the molecule is FC(F)(F)OCCN(CCOC(F)(F)F)C(S)S. The third kappa shape index (κ3) is 11.3. The molecule has 0 bridgehead atoms. The fraction of sp³-hybridized carbons (Fsp3) is 1.00. The molecule has 0 saturated carbocycles. The average Bonchev–Trinajstić information content (AvgIpc) is 2.11. The Bertz CT molecular complexity index is 215. The van der Waals surface area contributed by atoms with Crippen molar-refractivity contribution in [2.24, 2.45) is 0 Å². The standard InChI is InChI=1S/C7H11F6NO2S2/c8-6(9,10)15-3-1-14(5(17)18)2-4-16-7(11,12)13/h5,17-18H,1-4H2. The van der Waals surface area contributed by atoms with Crippen molar-refractivity contribution in [3.63, 3.8) is 0 Å². The molecule has 0 unspecified atom stereocenters. The zero-order chi connectivity index (χ0) is 14.4. The maximum atomic E-state index is 11.7. The zero-order valence-corrected chi connectivity index (χ0v) is 10.6. The molecule has 3 nitrogen and oxygen atoms in total. The van der Waals surface area contributed by atoms with Crippen molar-refractivity contribution in [1.82, 2.24) is 4.90 Å². The van der Waals surface area contributed by atoms with Crippen LogP contribution in [0, 0.1) is 0 Å². The van der Waals surface area contributed by atoms with E-state index in [0.29, 0.717) is 0 Å². The highest BCUT2D eigenvalue weighted by Gasteiger charge is 2.30. The monoisotopic (exact) mass is 319 g/mol. The van der Waals surface area contributed by atoms with E-state index in [4.69, 9.17) is 0 Å². The number of ether oxygens (including phenoxy) is 2. The second-order valence-corrected chi connectivity index (χ2v) is 4.36. The summed E-state index contributed by atoms with van der Waals surface area (Å²) in [5.74, 6) is 0. The largest absolute Gasteiger partial charge is 0.522 e. The molecule has 0 aliphatic heterocycles. The highest BCUT2D eigenvalue weighted by atomic mass is 32.2. The van der Waals surface area contributed by atoms with E-state index in [2.05, 4.69) is 34.7 Å². The normalized spacial score (nSPS) is 13.7. The predicted octanol–water partition coefficient (Wildman–Crippen LogP) is 2.50. The van der Waals surface area contributed by atoms with Gasteiger partial charge in [0.2, 0.25) is 0 Å². The van der Waals surface area contributed by atoms with Gasteiger partial charge in [-0.05, 0) is 0 Å². The molecule has 0 aliphatic rings. The molecular formula is C7H11F6NO2S2. The first-order chi connectivity index (χ1) is 8.01. The zero-order valence-electron chi connectivity index (χ0n) is 8.83.